The van der Waals surface area contributed by atoms with Crippen molar-refractivity contribution in [3.63, 3.8) is 0 Å². The van der Waals surface area contributed by atoms with Gasteiger partial charge in [-0.1, -0.05) is 0 Å². The van der Waals surface area contributed by atoms with Crippen molar-refractivity contribution in [1.82, 2.24) is 15.1 Å². The topological polar surface area (TPSA) is 82.0 Å². The van der Waals surface area contributed by atoms with Crippen molar-refractivity contribution < 1.29 is 22.9 Å². The van der Waals surface area contributed by atoms with Gasteiger partial charge in [-0.05, 0) is 45.0 Å². The maximum absolute atomic E-state index is 12.9. The zero-order valence-corrected chi connectivity index (χ0v) is 18.2. The Labute approximate surface area is 185 Å². The van der Waals surface area contributed by atoms with E-state index in [9.17, 15) is 28.1 Å². The second-order valence-corrected chi connectivity index (χ2v) is 8.51. The minimum Gasteiger partial charge on any atom is -0.366 e. The highest BCUT2D eigenvalue weighted by molar-refractivity contribution is 5.79. The molecule has 3 rings (SSSR count). The number of carbonyl (C=O) groups is 1. The van der Waals surface area contributed by atoms with E-state index < -0.39 is 22.4 Å². The first-order valence-corrected chi connectivity index (χ1v) is 10.9. The first kappa shape index (κ1) is 24.2. The predicted octanol–water partition coefficient (Wildman–Crippen LogP) is 2.58. The first-order chi connectivity index (χ1) is 15.1. The molecule has 11 heteroatoms. The molecule has 0 spiro atoms. The molecule has 2 heterocycles. The monoisotopic (exact) mass is 457 g/mol. The van der Waals surface area contributed by atoms with E-state index in [4.69, 9.17) is 0 Å². The van der Waals surface area contributed by atoms with E-state index >= 15 is 0 Å². The molecule has 2 saturated heterocycles. The number of carbonyl (C=O) groups excluding carboxylic acids is 1. The van der Waals surface area contributed by atoms with E-state index in [0.29, 0.717) is 38.5 Å². The molecule has 0 aromatic heterocycles. The molecule has 0 saturated carbocycles. The first-order valence-electron chi connectivity index (χ1n) is 10.9. The number of amides is 1. The fourth-order valence-electron chi connectivity index (χ4n) is 4.23. The molecule has 1 N–H and O–H groups in total. The Morgan fingerprint density at radius 2 is 1.81 bits per heavy atom. The number of hydrogen-bond donors (Lipinski definition) is 1. The Morgan fingerprint density at radius 3 is 2.41 bits per heavy atom. The van der Waals surface area contributed by atoms with Gasteiger partial charge in [0.25, 0.3) is 5.69 Å². The lowest BCUT2D eigenvalue weighted by Gasteiger charge is -2.33. The summed E-state index contributed by atoms with van der Waals surface area (Å²) in [5.41, 5.74) is -1.44. The van der Waals surface area contributed by atoms with Gasteiger partial charge in [0.05, 0.1) is 10.5 Å². The molecular weight excluding hydrogens is 427 g/mol. The number of hydrogen-bond acceptors (Lipinski definition) is 6. The van der Waals surface area contributed by atoms with Gasteiger partial charge in [-0.25, -0.2) is 0 Å². The van der Waals surface area contributed by atoms with Crippen molar-refractivity contribution in [2.75, 3.05) is 64.3 Å². The number of nitrogens with zero attached hydrogens (tertiary/aromatic N) is 4. The number of likely N-dealkylation sites (N-methyl/N-ethyl adjacent to an activating group) is 1. The predicted molar refractivity (Wildman–Crippen MR) is 115 cm³/mol. The summed E-state index contributed by atoms with van der Waals surface area (Å²) in [6.45, 7) is 6.51. The third-order valence-electron chi connectivity index (χ3n) is 6.25. The van der Waals surface area contributed by atoms with E-state index in [0.717, 1.165) is 51.3 Å². The number of piperidine rings is 1. The van der Waals surface area contributed by atoms with Crippen LogP contribution in [-0.4, -0.2) is 80.0 Å². The zero-order valence-electron chi connectivity index (χ0n) is 18.2. The third kappa shape index (κ3) is 6.32. The molecule has 1 aromatic carbocycles. The van der Waals surface area contributed by atoms with Gasteiger partial charge >= 0.3 is 6.18 Å². The quantitative estimate of drug-likeness (QED) is 0.385. The maximum atomic E-state index is 12.9. The molecule has 0 aliphatic carbocycles. The second kappa shape index (κ2) is 10.5. The number of nitro benzene ring substituents is 1. The van der Waals surface area contributed by atoms with Gasteiger partial charge < -0.3 is 20.0 Å². The van der Waals surface area contributed by atoms with E-state index in [1.54, 1.807) is 4.90 Å². The molecule has 0 bridgehead atoms. The number of nitrogens with one attached hydrogen (secondary N) is 1. The lowest BCUT2D eigenvalue weighted by Crippen LogP contribution is -2.45. The number of alkyl halides is 3. The second-order valence-electron chi connectivity index (χ2n) is 8.51. The van der Waals surface area contributed by atoms with Gasteiger partial charge in [0, 0.05) is 57.8 Å². The number of rotatable bonds is 7. The Kier molecular flexibility index (Phi) is 7.94. The largest absolute Gasteiger partial charge is 0.416 e. The fraction of sp³-hybridized carbons (Fsp3) is 0.667. The summed E-state index contributed by atoms with van der Waals surface area (Å²) in [6, 6.07) is 2.59. The summed E-state index contributed by atoms with van der Waals surface area (Å²) in [5.74, 6) is -0.215. The third-order valence-corrected chi connectivity index (χ3v) is 6.25. The normalized spacial score (nSPS) is 19.2. The van der Waals surface area contributed by atoms with Crippen LogP contribution in [0.4, 0.5) is 24.5 Å². The van der Waals surface area contributed by atoms with Crippen LogP contribution in [-0.2, 0) is 11.0 Å². The molecule has 32 heavy (non-hydrogen) atoms. The summed E-state index contributed by atoms with van der Waals surface area (Å²) < 4.78 is 38.7. The summed E-state index contributed by atoms with van der Waals surface area (Å²) in [5, 5.41) is 14.3. The van der Waals surface area contributed by atoms with Crippen LogP contribution in [0.25, 0.3) is 0 Å². The van der Waals surface area contributed by atoms with Crippen molar-refractivity contribution in [1.29, 1.82) is 0 Å². The van der Waals surface area contributed by atoms with E-state index in [2.05, 4.69) is 22.2 Å². The van der Waals surface area contributed by atoms with Gasteiger partial charge in [0.1, 0.15) is 5.69 Å². The molecule has 0 unspecified atom stereocenters. The summed E-state index contributed by atoms with van der Waals surface area (Å²) >= 11 is 0. The van der Waals surface area contributed by atoms with E-state index in [1.807, 2.05) is 0 Å². The van der Waals surface area contributed by atoms with Crippen LogP contribution in [0.15, 0.2) is 18.2 Å². The smallest absolute Gasteiger partial charge is 0.366 e. The van der Waals surface area contributed by atoms with Gasteiger partial charge in [-0.2, -0.15) is 13.2 Å². The molecule has 1 aromatic rings. The Morgan fingerprint density at radius 1 is 1.16 bits per heavy atom. The van der Waals surface area contributed by atoms with E-state index in [1.165, 1.54) is 0 Å². The molecule has 2 aliphatic heterocycles. The molecule has 178 valence electrons. The molecule has 2 aliphatic rings. The number of anilines is 1. The average Bonchev–Trinajstić information content (AvgIpc) is 2.77. The van der Waals surface area contributed by atoms with Crippen molar-refractivity contribution in [3.8, 4) is 0 Å². The molecule has 1 amide bonds. The van der Waals surface area contributed by atoms with Crippen LogP contribution in [0.1, 0.15) is 24.8 Å². The average molecular weight is 457 g/mol. The fourth-order valence-corrected chi connectivity index (χ4v) is 4.23. The number of benzene rings is 1. The lowest BCUT2D eigenvalue weighted by atomic mass is 9.95. The van der Waals surface area contributed by atoms with Crippen molar-refractivity contribution in [3.05, 3.63) is 33.9 Å². The SMILES string of the molecule is CN1CCN(CCCNC(=O)C2CCN(c3ccc(C(F)(F)F)cc3[N+](=O)[O-])CC2)CC1. The molecule has 8 nitrogen and oxygen atoms in total. The molecule has 0 radical (unpaired) electrons. The highest BCUT2D eigenvalue weighted by Crippen LogP contribution is 2.37. The summed E-state index contributed by atoms with van der Waals surface area (Å²) in [6.07, 6.45) is -2.75. The minimum atomic E-state index is -4.64. The van der Waals surface area contributed by atoms with Crippen LogP contribution in [0, 0.1) is 16.0 Å². The Bertz CT molecular complexity index is 804. The zero-order chi connectivity index (χ0) is 23.3. The van der Waals surface area contributed by atoms with Gasteiger partial charge in [-0.3, -0.25) is 14.9 Å². The van der Waals surface area contributed by atoms with Crippen LogP contribution < -0.4 is 10.2 Å². The number of nitro groups is 1. The number of piperazine rings is 1. The van der Waals surface area contributed by atoms with Gasteiger partial charge in [0.15, 0.2) is 0 Å². The van der Waals surface area contributed by atoms with Crippen molar-refractivity contribution in [2.45, 2.75) is 25.4 Å². The number of halogens is 3. The van der Waals surface area contributed by atoms with Gasteiger partial charge in [0.2, 0.25) is 5.91 Å². The Hall–Kier alpha value is -2.40. The maximum Gasteiger partial charge on any atom is 0.416 e. The van der Waals surface area contributed by atoms with Crippen LogP contribution in [0.5, 0.6) is 0 Å². The highest BCUT2D eigenvalue weighted by atomic mass is 19.4. The van der Waals surface area contributed by atoms with Crippen LogP contribution in [0.3, 0.4) is 0 Å². The summed E-state index contributed by atoms with van der Waals surface area (Å²) in [4.78, 5) is 29.4. The van der Waals surface area contributed by atoms with E-state index in [-0.39, 0.29) is 17.5 Å². The van der Waals surface area contributed by atoms with Gasteiger partial charge in [-0.15, -0.1) is 0 Å². The standard InChI is InChI=1S/C21H30F3N5O3/c1-26-11-13-27(14-12-26)8-2-7-25-20(30)16-5-9-28(10-6-16)18-4-3-17(21(22,23)24)15-19(18)29(31)32/h3-4,15-16H,2,5-14H2,1H3,(H,25,30). The van der Waals surface area contributed by atoms with Crippen LogP contribution in [0.2, 0.25) is 0 Å². The van der Waals surface area contributed by atoms with Crippen molar-refractivity contribution >= 4 is 17.3 Å². The molecular formula is C21H30F3N5O3. The highest BCUT2D eigenvalue weighted by Gasteiger charge is 2.34. The van der Waals surface area contributed by atoms with Crippen molar-refractivity contribution in [2.24, 2.45) is 5.92 Å². The summed E-state index contributed by atoms with van der Waals surface area (Å²) in [7, 11) is 2.11. The minimum absolute atomic E-state index is 0.0232. The Balaban J connectivity index is 1.46. The van der Waals surface area contributed by atoms with Crippen LogP contribution >= 0.6 is 0 Å². The molecule has 0 atom stereocenters. The molecule has 2 fully saturated rings. The lowest BCUT2D eigenvalue weighted by molar-refractivity contribution is -0.384.